The van der Waals surface area contributed by atoms with E-state index in [0.717, 1.165) is 25.5 Å². The lowest BCUT2D eigenvalue weighted by Gasteiger charge is -2.25. The Morgan fingerprint density at radius 1 is 1.36 bits per heavy atom. The third kappa shape index (κ3) is 0.748. The minimum Gasteiger partial charge on any atom is -0.469 e. The molecule has 2 fully saturated rings. The number of esters is 1. The predicted octanol–water partition coefficient (Wildman–Crippen LogP) is 1.55. The largest absolute Gasteiger partial charge is 0.469 e. The number of fused-ring (bicyclic) bond motifs is 1. The first kappa shape index (κ1) is 9.69. The standard InChI is InChI=1S/C11H16O3/c1-9(7-12)4-5-11(8(13)14-3)6-10(9,11)2/h7H,4-6H2,1-3H3. The van der Waals surface area contributed by atoms with E-state index in [4.69, 9.17) is 4.74 Å². The quantitative estimate of drug-likeness (QED) is 0.497. The van der Waals surface area contributed by atoms with Gasteiger partial charge in [-0.2, -0.15) is 0 Å². The highest BCUT2D eigenvalue weighted by molar-refractivity contribution is 5.85. The van der Waals surface area contributed by atoms with Crippen molar-refractivity contribution in [3.8, 4) is 0 Å². The Kier molecular flexibility index (Phi) is 1.65. The number of ether oxygens (including phenoxy) is 1. The summed E-state index contributed by atoms with van der Waals surface area (Å²) in [7, 11) is 1.42. The molecule has 14 heavy (non-hydrogen) atoms. The van der Waals surface area contributed by atoms with Crippen molar-refractivity contribution in [2.45, 2.75) is 33.1 Å². The van der Waals surface area contributed by atoms with Crippen LogP contribution in [0.25, 0.3) is 0 Å². The average molecular weight is 196 g/mol. The molecule has 3 nitrogen and oxygen atoms in total. The SMILES string of the molecule is COC(=O)C12CCC(C)(C=O)C1(C)C2. The van der Waals surface area contributed by atoms with E-state index in [1.807, 2.05) is 13.8 Å². The average Bonchev–Trinajstić information content (AvgIpc) is 2.76. The van der Waals surface area contributed by atoms with Crippen molar-refractivity contribution in [3.05, 3.63) is 0 Å². The van der Waals surface area contributed by atoms with Gasteiger partial charge in [0, 0.05) is 5.41 Å². The Morgan fingerprint density at radius 2 is 2.00 bits per heavy atom. The fourth-order valence-corrected chi connectivity index (χ4v) is 3.20. The van der Waals surface area contributed by atoms with Gasteiger partial charge in [0.1, 0.15) is 6.29 Å². The van der Waals surface area contributed by atoms with Crippen molar-refractivity contribution in [2.24, 2.45) is 16.2 Å². The Bertz CT molecular complexity index is 308. The number of hydrogen-bond donors (Lipinski definition) is 0. The van der Waals surface area contributed by atoms with Crippen LogP contribution in [-0.4, -0.2) is 19.4 Å². The van der Waals surface area contributed by atoms with Crippen LogP contribution in [0.5, 0.6) is 0 Å². The van der Waals surface area contributed by atoms with Crippen molar-refractivity contribution in [1.29, 1.82) is 0 Å². The predicted molar refractivity (Wildman–Crippen MR) is 50.6 cm³/mol. The smallest absolute Gasteiger partial charge is 0.312 e. The van der Waals surface area contributed by atoms with Gasteiger partial charge in [0.25, 0.3) is 0 Å². The second kappa shape index (κ2) is 2.38. The highest BCUT2D eigenvalue weighted by Crippen LogP contribution is 2.79. The van der Waals surface area contributed by atoms with Gasteiger partial charge >= 0.3 is 5.97 Å². The molecule has 0 spiro atoms. The number of rotatable bonds is 2. The number of aldehydes is 1. The molecule has 3 heteroatoms. The molecule has 2 rings (SSSR count). The third-order valence-corrected chi connectivity index (χ3v) is 4.75. The molecule has 2 aliphatic carbocycles. The highest BCUT2D eigenvalue weighted by atomic mass is 16.5. The first-order valence-corrected chi connectivity index (χ1v) is 5.01. The van der Waals surface area contributed by atoms with Gasteiger partial charge in [-0.05, 0) is 24.7 Å². The van der Waals surface area contributed by atoms with Gasteiger partial charge in [0.05, 0.1) is 12.5 Å². The van der Waals surface area contributed by atoms with E-state index in [1.54, 1.807) is 0 Å². The maximum atomic E-state index is 11.6. The van der Waals surface area contributed by atoms with Crippen molar-refractivity contribution >= 4 is 12.3 Å². The molecule has 2 aliphatic rings. The van der Waals surface area contributed by atoms with Crippen LogP contribution in [0.2, 0.25) is 0 Å². The fraction of sp³-hybridized carbons (Fsp3) is 0.818. The topological polar surface area (TPSA) is 43.4 Å². The van der Waals surface area contributed by atoms with Gasteiger partial charge in [0.15, 0.2) is 0 Å². The molecule has 0 heterocycles. The van der Waals surface area contributed by atoms with Gasteiger partial charge in [-0.3, -0.25) is 4.79 Å². The molecule has 0 N–H and O–H groups in total. The summed E-state index contributed by atoms with van der Waals surface area (Å²) < 4.78 is 4.83. The van der Waals surface area contributed by atoms with Crippen LogP contribution in [0.4, 0.5) is 0 Å². The molecule has 78 valence electrons. The van der Waals surface area contributed by atoms with E-state index in [9.17, 15) is 9.59 Å². The van der Waals surface area contributed by atoms with Crippen LogP contribution in [0.3, 0.4) is 0 Å². The number of methoxy groups -OCH3 is 1. The highest BCUT2D eigenvalue weighted by Gasteiger charge is 2.79. The van der Waals surface area contributed by atoms with Crippen LogP contribution in [0.1, 0.15) is 33.1 Å². The van der Waals surface area contributed by atoms with Crippen LogP contribution in [-0.2, 0) is 14.3 Å². The molecule has 0 bridgehead atoms. The molecular weight excluding hydrogens is 180 g/mol. The minimum absolute atomic E-state index is 0.134. The normalized spacial score (nSPS) is 49.6. The molecule has 0 radical (unpaired) electrons. The summed E-state index contributed by atoms with van der Waals surface area (Å²) in [4.78, 5) is 22.7. The minimum atomic E-state index is -0.350. The Balaban J connectivity index is 2.34. The van der Waals surface area contributed by atoms with E-state index in [0.29, 0.717) is 0 Å². The van der Waals surface area contributed by atoms with Crippen molar-refractivity contribution in [1.82, 2.24) is 0 Å². The number of carbonyl (C=O) groups is 2. The monoisotopic (exact) mass is 196 g/mol. The fourth-order valence-electron chi connectivity index (χ4n) is 3.20. The van der Waals surface area contributed by atoms with E-state index >= 15 is 0 Å². The van der Waals surface area contributed by atoms with E-state index < -0.39 is 0 Å². The van der Waals surface area contributed by atoms with Gasteiger partial charge in [-0.15, -0.1) is 0 Å². The zero-order chi connectivity index (χ0) is 10.6. The van der Waals surface area contributed by atoms with E-state index in [2.05, 4.69) is 0 Å². The molecule has 3 unspecified atom stereocenters. The Morgan fingerprint density at radius 3 is 2.36 bits per heavy atom. The molecule has 0 aliphatic heterocycles. The zero-order valence-corrected chi connectivity index (χ0v) is 8.92. The van der Waals surface area contributed by atoms with Crippen LogP contribution in [0, 0.1) is 16.2 Å². The van der Waals surface area contributed by atoms with Crippen LogP contribution >= 0.6 is 0 Å². The summed E-state index contributed by atoms with van der Waals surface area (Å²) in [6, 6.07) is 0. The lowest BCUT2D eigenvalue weighted by molar-refractivity contribution is -0.148. The number of hydrogen-bond acceptors (Lipinski definition) is 3. The Hall–Kier alpha value is -0.860. The molecule has 0 aromatic heterocycles. The second-order valence-electron chi connectivity index (χ2n) is 5.12. The van der Waals surface area contributed by atoms with E-state index in [-0.39, 0.29) is 22.2 Å². The lowest BCUT2D eigenvalue weighted by Crippen LogP contribution is -2.28. The molecule has 0 aromatic rings. The summed E-state index contributed by atoms with van der Waals surface area (Å²) in [5.74, 6) is -0.134. The molecule has 2 saturated carbocycles. The molecule has 0 aromatic carbocycles. The zero-order valence-electron chi connectivity index (χ0n) is 8.92. The Labute approximate surface area is 83.8 Å². The van der Waals surface area contributed by atoms with Crippen molar-refractivity contribution in [3.63, 3.8) is 0 Å². The summed E-state index contributed by atoms with van der Waals surface area (Å²) >= 11 is 0. The first-order valence-electron chi connectivity index (χ1n) is 5.01. The summed E-state index contributed by atoms with van der Waals surface area (Å²) in [6.45, 7) is 3.99. The number of carbonyl (C=O) groups excluding carboxylic acids is 2. The van der Waals surface area contributed by atoms with Crippen LogP contribution in [0.15, 0.2) is 0 Å². The second-order valence-corrected chi connectivity index (χ2v) is 5.12. The van der Waals surface area contributed by atoms with Crippen molar-refractivity contribution in [2.75, 3.05) is 7.11 Å². The molecule has 0 amide bonds. The summed E-state index contributed by atoms with van der Waals surface area (Å²) in [6.07, 6.45) is 3.43. The molecule has 0 saturated heterocycles. The lowest BCUT2D eigenvalue weighted by atomic mass is 9.76. The molecular formula is C11H16O3. The summed E-state index contributed by atoms with van der Waals surface area (Å²) in [5.41, 5.74) is -0.840. The van der Waals surface area contributed by atoms with Gasteiger partial charge in [0.2, 0.25) is 0 Å². The van der Waals surface area contributed by atoms with Crippen molar-refractivity contribution < 1.29 is 14.3 Å². The summed E-state index contributed by atoms with van der Waals surface area (Å²) in [5, 5.41) is 0. The van der Waals surface area contributed by atoms with Gasteiger partial charge in [-0.25, -0.2) is 0 Å². The van der Waals surface area contributed by atoms with Crippen LogP contribution < -0.4 is 0 Å². The van der Waals surface area contributed by atoms with Gasteiger partial charge < -0.3 is 9.53 Å². The first-order chi connectivity index (χ1) is 6.46. The van der Waals surface area contributed by atoms with Gasteiger partial charge in [-0.1, -0.05) is 13.8 Å². The third-order valence-electron chi connectivity index (χ3n) is 4.75. The maximum absolute atomic E-state index is 11.6. The maximum Gasteiger partial charge on any atom is 0.312 e. The molecule has 3 atom stereocenters. The van der Waals surface area contributed by atoms with E-state index in [1.165, 1.54) is 7.11 Å².